The van der Waals surface area contributed by atoms with E-state index in [4.69, 9.17) is 11.6 Å². The standard InChI is InChI=1S/C14H11ClF3N3O2/c15-8-1-2-10-9(5-8)12(22)21(7-19-10)11-3-4-20(13(11)23)6-14(16,17)18/h1-2,5,7,11H,3-4,6H2. The summed E-state index contributed by atoms with van der Waals surface area (Å²) in [6.07, 6.45) is -3.15. The molecule has 0 bridgehead atoms. The Morgan fingerprint density at radius 1 is 1.30 bits per heavy atom. The number of benzene rings is 1. The Balaban J connectivity index is 1.97. The van der Waals surface area contributed by atoms with E-state index < -0.39 is 30.2 Å². The van der Waals surface area contributed by atoms with Gasteiger partial charge in [0.05, 0.1) is 17.2 Å². The van der Waals surface area contributed by atoms with Gasteiger partial charge in [0.1, 0.15) is 12.6 Å². The highest BCUT2D eigenvalue weighted by Crippen LogP contribution is 2.26. The zero-order chi connectivity index (χ0) is 16.8. The number of aromatic nitrogens is 2. The molecule has 1 aliphatic rings. The molecule has 1 amide bonds. The van der Waals surface area contributed by atoms with Crippen LogP contribution in [0.5, 0.6) is 0 Å². The Kier molecular flexibility index (Phi) is 3.79. The van der Waals surface area contributed by atoms with Crippen LogP contribution in [0.2, 0.25) is 5.02 Å². The van der Waals surface area contributed by atoms with Crippen LogP contribution < -0.4 is 5.56 Å². The number of likely N-dealkylation sites (tertiary alicyclic amines) is 1. The van der Waals surface area contributed by atoms with Crippen LogP contribution in [0.15, 0.2) is 29.3 Å². The lowest BCUT2D eigenvalue weighted by Crippen LogP contribution is -2.38. The summed E-state index contributed by atoms with van der Waals surface area (Å²) in [6.45, 7) is -1.37. The highest BCUT2D eigenvalue weighted by molar-refractivity contribution is 6.31. The zero-order valence-corrected chi connectivity index (χ0v) is 12.4. The minimum absolute atomic E-state index is 0.0525. The van der Waals surface area contributed by atoms with Crippen molar-refractivity contribution >= 4 is 28.4 Å². The van der Waals surface area contributed by atoms with E-state index in [1.165, 1.54) is 12.4 Å². The Bertz CT molecular complexity index is 834. The molecule has 1 aromatic carbocycles. The molecular weight excluding hydrogens is 335 g/mol. The molecular formula is C14H11ClF3N3O2. The number of fused-ring (bicyclic) bond motifs is 1. The van der Waals surface area contributed by atoms with E-state index in [2.05, 4.69) is 4.98 Å². The Morgan fingerprint density at radius 2 is 2.04 bits per heavy atom. The highest BCUT2D eigenvalue weighted by Gasteiger charge is 2.40. The maximum atomic E-state index is 12.5. The van der Waals surface area contributed by atoms with E-state index in [-0.39, 0.29) is 18.4 Å². The van der Waals surface area contributed by atoms with Gasteiger partial charge in [0.25, 0.3) is 5.56 Å². The molecule has 23 heavy (non-hydrogen) atoms. The lowest BCUT2D eigenvalue weighted by Gasteiger charge is -2.19. The summed E-state index contributed by atoms with van der Waals surface area (Å²) in [5, 5.41) is 0.563. The molecule has 1 unspecified atom stereocenters. The molecule has 0 N–H and O–H groups in total. The van der Waals surface area contributed by atoms with Crippen molar-refractivity contribution in [3.8, 4) is 0 Å². The van der Waals surface area contributed by atoms with Gasteiger partial charge in [-0.3, -0.25) is 14.2 Å². The monoisotopic (exact) mass is 345 g/mol. The second-order valence-electron chi connectivity index (χ2n) is 5.30. The van der Waals surface area contributed by atoms with Crippen LogP contribution in [0.3, 0.4) is 0 Å². The number of alkyl halides is 3. The summed E-state index contributed by atoms with van der Waals surface area (Å²) in [6, 6.07) is 3.60. The summed E-state index contributed by atoms with van der Waals surface area (Å²) < 4.78 is 38.4. The number of amides is 1. The predicted molar refractivity (Wildman–Crippen MR) is 77.3 cm³/mol. The van der Waals surface area contributed by atoms with E-state index in [1.54, 1.807) is 12.1 Å². The lowest BCUT2D eigenvalue weighted by molar-refractivity contribution is -0.158. The third-order valence-electron chi connectivity index (χ3n) is 3.72. The Morgan fingerprint density at radius 3 is 2.74 bits per heavy atom. The van der Waals surface area contributed by atoms with Crippen molar-refractivity contribution in [2.24, 2.45) is 0 Å². The topological polar surface area (TPSA) is 55.2 Å². The molecule has 2 aromatic rings. The molecule has 0 spiro atoms. The van der Waals surface area contributed by atoms with Gasteiger partial charge < -0.3 is 4.90 Å². The van der Waals surface area contributed by atoms with Gasteiger partial charge in [0.15, 0.2) is 0 Å². The molecule has 2 heterocycles. The number of carbonyl (C=O) groups is 1. The highest BCUT2D eigenvalue weighted by atomic mass is 35.5. The summed E-state index contributed by atoms with van der Waals surface area (Å²) in [7, 11) is 0. The number of halogens is 4. The van der Waals surface area contributed by atoms with Crippen LogP contribution in [-0.4, -0.2) is 39.6 Å². The van der Waals surface area contributed by atoms with E-state index in [0.717, 1.165) is 4.57 Å². The van der Waals surface area contributed by atoms with Crippen LogP contribution >= 0.6 is 11.6 Å². The molecule has 0 saturated carbocycles. The first-order chi connectivity index (χ1) is 10.8. The third kappa shape index (κ3) is 3.03. The quantitative estimate of drug-likeness (QED) is 0.839. The predicted octanol–water partition coefficient (Wildman–Crippen LogP) is 2.39. The van der Waals surface area contributed by atoms with Crippen LogP contribution in [-0.2, 0) is 4.79 Å². The maximum Gasteiger partial charge on any atom is 0.406 e. The SMILES string of the molecule is O=C1C(n2cnc3ccc(Cl)cc3c2=O)CCN1CC(F)(F)F. The fraction of sp³-hybridized carbons (Fsp3) is 0.357. The van der Waals surface area contributed by atoms with Gasteiger partial charge in [0.2, 0.25) is 5.91 Å². The van der Waals surface area contributed by atoms with Gasteiger partial charge in [-0.2, -0.15) is 13.2 Å². The molecule has 1 fully saturated rings. The third-order valence-corrected chi connectivity index (χ3v) is 3.95. The van der Waals surface area contributed by atoms with Gasteiger partial charge in [-0.1, -0.05) is 11.6 Å². The minimum Gasteiger partial charge on any atom is -0.332 e. The second-order valence-corrected chi connectivity index (χ2v) is 5.73. The van der Waals surface area contributed by atoms with Crippen molar-refractivity contribution in [2.75, 3.05) is 13.1 Å². The number of rotatable bonds is 2. The second kappa shape index (κ2) is 5.52. The first kappa shape index (κ1) is 15.8. The first-order valence-corrected chi connectivity index (χ1v) is 7.16. The van der Waals surface area contributed by atoms with Gasteiger partial charge in [-0.25, -0.2) is 4.98 Å². The average molecular weight is 346 g/mol. The zero-order valence-electron chi connectivity index (χ0n) is 11.7. The normalized spacial score (nSPS) is 18.9. The minimum atomic E-state index is -4.47. The smallest absolute Gasteiger partial charge is 0.332 e. The van der Waals surface area contributed by atoms with E-state index >= 15 is 0 Å². The van der Waals surface area contributed by atoms with Crippen molar-refractivity contribution in [1.29, 1.82) is 0 Å². The average Bonchev–Trinajstić information content (AvgIpc) is 2.80. The summed E-state index contributed by atoms with van der Waals surface area (Å²) in [4.78, 5) is 29.4. The molecule has 9 heteroatoms. The molecule has 1 saturated heterocycles. The summed E-state index contributed by atoms with van der Waals surface area (Å²) in [5.41, 5.74) is -0.0852. The largest absolute Gasteiger partial charge is 0.406 e. The first-order valence-electron chi connectivity index (χ1n) is 6.78. The lowest BCUT2D eigenvalue weighted by atomic mass is 10.2. The van der Waals surface area contributed by atoms with Crippen LogP contribution in [0.1, 0.15) is 12.5 Å². The fourth-order valence-corrected chi connectivity index (χ4v) is 2.86. The summed E-state index contributed by atoms with van der Waals surface area (Å²) >= 11 is 5.85. The molecule has 3 rings (SSSR count). The van der Waals surface area contributed by atoms with Crippen LogP contribution in [0.25, 0.3) is 10.9 Å². The number of carbonyl (C=O) groups excluding carboxylic acids is 1. The number of nitrogens with zero attached hydrogens (tertiary/aromatic N) is 3. The molecule has 1 aliphatic heterocycles. The number of hydrogen-bond acceptors (Lipinski definition) is 3. The van der Waals surface area contributed by atoms with Crippen molar-refractivity contribution in [3.05, 3.63) is 39.9 Å². The van der Waals surface area contributed by atoms with Gasteiger partial charge >= 0.3 is 6.18 Å². The maximum absolute atomic E-state index is 12.5. The van der Waals surface area contributed by atoms with Crippen molar-refractivity contribution in [2.45, 2.75) is 18.6 Å². The molecule has 1 atom stereocenters. The Labute approximate surface area is 133 Å². The molecule has 5 nitrogen and oxygen atoms in total. The molecule has 122 valence electrons. The van der Waals surface area contributed by atoms with Gasteiger partial charge in [0, 0.05) is 11.6 Å². The van der Waals surface area contributed by atoms with Crippen molar-refractivity contribution in [3.63, 3.8) is 0 Å². The van der Waals surface area contributed by atoms with Crippen LogP contribution in [0, 0.1) is 0 Å². The molecule has 1 aromatic heterocycles. The van der Waals surface area contributed by atoms with Crippen molar-refractivity contribution < 1.29 is 18.0 Å². The van der Waals surface area contributed by atoms with Gasteiger partial charge in [-0.15, -0.1) is 0 Å². The molecule has 0 aliphatic carbocycles. The number of hydrogen-bond donors (Lipinski definition) is 0. The van der Waals surface area contributed by atoms with Gasteiger partial charge in [-0.05, 0) is 24.6 Å². The van der Waals surface area contributed by atoms with E-state index in [9.17, 15) is 22.8 Å². The Hall–Kier alpha value is -2.09. The van der Waals surface area contributed by atoms with Crippen LogP contribution in [0.4, 0.5) is 13.2 Å². The van der Waals surface area contributed by atoms with E-state index in [0.29, 0.717) is 15.4 Å². The van der Waals surface area contributed by atoms with Crippen molar-refractivity contribution in [1.82, 2.24) is 14.5 Å². The summed E-state index contributed by atoms with van der Waals surface area (Å²) in [5.74, 6) is -0.729. The molecule has 0 radical (unpaired) electrons. The van der Waals surface area contributed by atoms with E-state index in [1.807, 2.05) is 0 Å². The fourth-order valence-electron chi connectivity index (χ4n) is 2.68.